The summed E-state index contributed by atoms with van der Waals surface area (Å²) in [6.45, 7) is 14.9. The zero-order valence-electron chi connectivity index (χ0n) is 11.2. The summed E-state index contributed by atoms with van der Waals surface area (Å²) < 4.78 is 0. The third-order valence-electron chi connectivity index (χ3n) is 2.60. The van der Waals surface area contributed by atoms with Gasteiger partial charge < -0.3 is 5.41 Å². The molecule has 0 unspecified atom stereocenters. The predicted octanol–water partition coefficient (Wildman–Crippen LogP) is 4.60. The van der Waals surface area contributed by atoms with Gasteiger partial charge in [-0.05, 0) is 18.4 Å². The van der Waals surface area contributed by atoms with Crippen LogP contribution in [0.5, 0.6) is 0 Å². The summed E-state index contributed by atoms with van der Waals surface area (Å²) in [5.74, 6) is 0. The maximum absolute atomic E-state index is 7.82. The Morgan fingerprint density at radius 2 is 1.40 bits per heavy atom. The second-order valence-corrected chi connectivity index (χ2v) is 6.12. The van der Waals surface area contributed by atoms with E-state index in [0.29, 0.717) is 5.71 Å². The summed E-state index contributed by atoms with van der Waals surface area (Å²) in [5, 5.41) is 7.82. The van der Waals surface area contributed by atoms with Crippen molar-refractivity contribution in [2.45, 2.75) is 48.5 Å². The lowest BCUT2D eigenvalue weighted by molar-refractivity contribution is 0.504. The van der Waals surface area contributed by atoms with E-state index in [4.69, 9.17) is 5.41 Å². The molecule has 0 atom stereocenters. The van der Waals surface area contributed by atoms with Crippen LogP contribution in [-0.2, 0) is 0 Å². The molecule has 1 N–H and O–H groups in total. The Kier molecular flexibility index (Phi) is 4.51. The maximum atomic E-state index is 7.82. The van der Waals surface area contributed by atoms with Gasteiger partial charge in [0.2, 0.25) is 0 Å². The van der Waals surface area contributed by atoms with Crippen LogP contribution in [0.4, 0.5) is 0 Å². The van der Waals surface area contributed by atoms with Gasteiger partial charge in [0.05, 0.1) is 0 Å². The smallest absolute Gasteiger partial charge is 0.0367 e. The monoisotopic (exact) mass is 207 g/mol. The van der Waals surface area contributed by atoms with E-state index in [1.165, 1.54) is 5.57 Å². The van der Waals surface area contributed by atoms with Crippen LogP contribution >= 0.6 is 0 Å². The number of allylic oxidation sites excluding steroid dienone is 4. The van der Waals surface area contributed by atoms with E-state index in [1.807, 2.05) is 12.2 Å². The molecule has 0 fully saturated rings. The van der Waals surface area contributed by atoms with Crippen molar-refractivity contribution >= 4 is 5.71 Å². The highest BCUT2D eigenvalue weighted by molar-refractivity contribution is 5.96. The van der Waals surface area contributed by atoms with E-state index < -0.39 is 0 Å². The zero-order valence-corrected chi connectivity index (χ0v) is 11.2. The van der Waals surface area contributed by atoms with E-state index in [-0.39, 0.29) is 10.8 Å². The fourth-order valence-electron chi connectivity index (χ4n) is 0.789. The second kappa shape index (κ2) is 4.78. The summed E-state index contributed by atoms with van der Waals surface area (Å²) in [5.41, 5.74) is 2.16. The van der Waals surface area contributed by atoms with Crippen LogP contribution in [0, 0.1) is 16.2 Å². The first kappa shape index (κ1) is 14.2. The normalized spacial score (nSPS) is 14.7. The molecule has 15 heavy (non-hydrogen) atoms. The van der Waals surface area contributed by atoms with Gasteiger partial charge in [-0.3, -0.25) is 0 Å². The zero-order chi connectivity index (χ0) is 12.3. The molecule has 86 valence electrons. The lowest BCUT2D eigenvalue weighted by atomic mass is 9.87. The fourth-order valence-corrected chi connectivity index (χ4v) is 0.789. The molecule has 0 amide bonds. The minimum absolute atomic E-state index is 0.0556. The van der Waals surface area contributed by atoms with Crippen molar-refractivity contribution in [2.75, 3.05) is 0 Å². The van der Waals surface area contributed by atoms with Crippen molar-refractivity contribution in [1.82, 2.24) is 0 Å². The number of hydrogen-bond donors (Lipinski definition) is 1. The fraction of sp³-hybridized carbons (Fsp3) is 0.643. The van der Waals surface area contributed by atoms with Crippen molar-refractivity contribution in [3.63, 3.8) is 0 Å². The highest BCUT2D eigenvalue weighted by Gasteiger charge is 2.14. The molecular weight excluding hydrogens is 182 g/mol. The van der Waals surface area contributed by atoms with E-state index in [9.17, 15) is 0 Å². The van der Waals surface area contributed by atoms with Gasteiger partial charge in [-0.15, -0.1) is 0 Å². The molecule has 0 spiro atoms. The van der Waals surface area contributed by atoms with Gasteiger partial charge >= 0.3 is 0 Å². The molecule has 0 saturated heterocycles. The van der Waals surface area contributed by atoms with Crippen LogP contribution in [0.15, 0.2) is 23.8 Å². The maximum Gasteiger partial charge on any atom is 0.0367 e. The Bertz CT molecular complexity index is 279. The Morgan fingerprint density at radius 3 is 1.73 bits per heavy atom. The minimum atomic E-state index is -0.0556. The first-order valence-corrected chi connectivity index (χ1v) is 5.49. The summed E-state index contributed by atoms with van der Waals surface area (Å²) >= 11 is 0. The van der Waals surface area contributed by atoms with Gasteiger partial charge in [0.15, 0.2) is 0 Å². The van der Waals surface area contributed by atoms with Crippen molar-refractivity contribution in [3.8, 4) is 0 Å². The van der Waals surface area contributed by atoms with Crippen LogP contribution in [0.2, 0.25) is 0 Å². The van der Waals surface area contributed by atoms with Crippen LogP contribution in [0.1, 0.15) is 48.5 Å². The van der Waals surface area contributed by atoms with E-state index in [0.717, 1.165) is 0 Å². The van der Waals surface area contributed by atoms with Crippen molar-refractivity contribution in [1.29, 1.82) is 5.41 Å². The quantitative estimate of drug-likeness (QED) is 0.505. The predicted molar refractivity (Wildman–Crippen MR) is 69.5 cm³/mol. The van der Waals surface area contributed by atoms with Gasteiger partial charge in [0.25, 0.3) is 0 Å². The number of hydrogen-bond acceptors (Lipinski definition) is 1. The third-order valence-corrected chi connectivity index (χ3v) is 2.60. The molecule has 0 aliphatic carbocycles. The Morgan fingerprint density at radius 1 is 0.933 bits per heavy atom. The van der Waals surface area contributed by atoms with Crippen molar-refractivity contribution in [2.24, 2.45) is 10.8 Å². The van der Waals surface area contributed by atoms with Gasteiger partial charge in [-0.2, -0.15) is 0 Å². The number of nitrogens with one attached hydrogen (secondary N) is 1. The molecule has 0 aromatic rings. The van der Waals surface area contributed by atoms with Gasteiger partial charge in [-0.25, -0.2) is 0 Å². The second-order valence-electron chi connectivity index (χ2n) is 6.12. The minimum Gasteiger partial charge on any atom is -0.305 e. The van der Waals surface area contributed by atoms with Crippen LogP contribution in [-0.4, -0.2) is 5.71 Å². The summed E-state index contributed by atoms with van der Waals surface area (Å²) in [4.78, 5) is 0. The summed E-state index contributed by atoms with van der Waals surface area (Å²) in [6.07, 6.45) is 5.96. The first-order chi connectivity index (χ1) is 6.55. The molecule has 1 nitrogen and oxygen atoms in total. The molecule has 0 bridgehead atoms. The molecule has 0 aromatic carbocycles. The average molecular weight is 207 g/mol. The first-order valence-electron chi connectivity index (χ1n) is 5.49. The molecule has 0 radical (unpaired) electrons. The molecule has 0 aromatic heterocycles. The molecule has 0 saturated carbocycles. The molecule has 1 heteroatoms. The van der Waals surface area contributed by atoms with Crippen molar-refractivity contribution in [3.05, 3.63) is 23.8 Å². The lowest BCUT2D eigenvalue weighted by Crippen LogP contribution is -2.16. The lowest BCUT2D eigenvalue weighted by Gasteiger charge is -2.19. The van der Waals surface area contributed by atoms with Gasteiger partial charge in [0.1, 0.15) is 0 Å². The van der Waals surface area contributed by atoms with Crippen LogP contribution in [0.25, 0.3) is 0 Å². The highest BCUT2D eigenvalue weighted by atomic mass is 14.4. The molecule has 0 aliphatic heterocycles. The summed E-state index contributed by atoms with van der Waals surface area (Å²) in [7, 11) is 0. The third kappa shape index (κ3) is 5.56. The average Bonchev–Trinajstić information content (AvgIpc) is 2.00. The molecule has 0 aliphatic rings. The Hall–Kier alpha value is -0.850. The standard InChI is InChI=1S/C14H25N/c1-11(13(2,3)4)9-8-10-12(15)14(5,6)7/h8-10,15H,1-7H3/b10-8-,11-9+,15-12?. The van der Waals surface area contributed by atoms with Gasteiger partial charge in [0, 0.05) is 11.1 Å². The van der Waals surface area contributed by atoms with Gasteiger partial charge in [-0.1, -0.05) is 59.3 Å². The largest absolute Gasteiger partial charge is 0.305 e. The van der Waals surface area contributed by atoms with Crippen LogP contribution < -0.4 is 0 Å². The van der Waals surface area contributed by atoms with Crippen LogP contribution in [0.3, 0.4) is 0 Å². The Labute approximate surface area is 94.8 Å². The van der Waals surface area contributed by atoms with E-state index >= 15 is 0 Å². The highest BCUT2D eigenvalue weighted by Crippen LogP contribution is 2.24. The van der Waals surface area contributed by atoms with E-state index in [1.54, 1.807) is 0 Å². The van der Waals surface area contributed by atoms with E-state index in [2.05, 4.69) is 54.5 Å². The molecular formula is C14H25N. The van der Waals surface area contributed by atoms with Crippen molar-refractivity contribution < 1.29 is 0 Å². The molecule has 0 rings (SSSR count). The Balaban J connectivity index is 4.53. The number of rotatable bonds is 2. The summed E-state index contributed by atoms with van der Waals surface area (Å²) in [6, 6.07) is 0. The SMILES string of the molecule is C/C(=C\C=C/C(=N)C(C)(C)C)C(C)(C)C. The topological polar surface area (TPSA) is 23.9 Å². The molecule has 0 heterocycles.